The summed E-state index contributed by atoms with van der Waals surface area (Å²) in [4.78, 5) is 13.9. The third kappa shape index (κ3) is 2.11. The van der Waals surface area contributed by atoms with Gasteiger partial charge in [-0.25, -0.2) is 0 Å². The van der Waals surface area contributed by atoms with Crippen molar-refractivity contribution in [2.75, 3.05) is 18.0 Å². The van der Waals surface area contributed by atoms with E-state index in [0.717, 1.165) is 19.5 Å². The summed E-state index contributed by atoms with van der Waals surface area (Å²) >= 11 is 0. The first-order valence-corrected chi connectivity index (χ1v) is 6.08. The van der Waals surface area contributed by atoms with Gasteiger partial charge in [-0.2, -0.15) is 0 Å². The highest BCUT2D eigenvalue weighted by Crippen LogP contribution is 2.25. The number of carbonyl (C=O) groups excluding carboxylic acids is 1. The Morgan fingerprint density at radius 3 is 2.81 bits per heavy atom. The van der Waals surface area contributed by atoms with Crippen molar-refractivity contribution < 1.29 is 4.79 Å². The zero-order chi connectivity index (χ0) is 11.5. The van der Waals surface area contributed by atoms with Gasteiger partial charge >= 0.3 is 0 Å². The fourth-order valence-corrected chi connectivity index (χ4v) is 2.35. The van der Waals surface area contributed by atoms with Gasteiger partial charge in [-0.15, -0.1) is 0 Å². The van der Waals surface area contributed by atoms with Crippen LogP contribution in [-0.4, -0.2) is 18.9 Å². The van der Waals surface area contributed by atoms with Gasteiger partial charge in [-0.1, -0.05) is 32.0 Å². The number of nitrogens with zero attached hydrogens (tertiary/aromatic N) is 1. The van der Waals surface area contributed by atoms with E-state index < -0.39 is 0 Å². The van der Waals surface area contributed by atoms with Crippen LogP contribution in [-0.2, 0) is 11.2 Å². The molecular formula is C14H19NO. The Bertz CT molecular complexity index is 386. The Morgan fingerprint density at radius 1 is 1.38 bits per heavy atom. The van der Waals surface area contributed by atoms with Crippen molar-refractivity contribution >= 4 is 11.5 Å². The number of piperidine rings is 1. The van der Waals surface area contributed by atoms with E-state index in [9.17, 15) is 4.79 Å². The molecule has 1 aromatic carbocycles. The van der Waals surface area contributed by atoms with E-state index in [0.29, 0.717) is 12.2 Å². The van der Waals surface area contributed by atoms with E-state index in [1.165, 1.54) is 11.3 Å². The molecule has 1 aromatic rings. The van der Waals surface area contributed by atoms with Crippen LogP contribution in [0.3, 0.4) is 0 Å². The van der Waals surface area contributed by atoms with E-state index in [-0.39, 0.29) is 5.92 Å². The van der Waals surface area contributed by atoms with Crippen LogP contribution in [0.25, 0.3) is 0 Å². The molecule has 1 heterocycles. The van der Waals surface area contributed by atoms with E-state index in [2.05, 4.69) is 36.1 Å². The Hall–Kier alpha value is -1.31. The molecule has 2 nitrogen and oxygen atoms in total. The predicted octanol–water partition coefficient (Wildman–Crippen LogP) is 2.66. The average Bonchev–Trinajstić information content (AvgIpc) is 2.32. The maximum absolute atomic E-state index is 11.5. The molecule has 1 unspecified atom stereocenters. The molecule has 0 N–H and O–H groups in total. The number of rotatable bonds is 2. The molecule has 0 aromatic heterocycles. The average molecular weight is 217 g/mol. The lowest BCUT2D eigenvalue weighted by Crippen LogP contribution is -2.40. The Labute approximate surface area is 97.3 Å². The Kier molecular flexibility index (Phi) is 3.28. The zero-order valence-corrected chi connectivity index (χ0v) is 10.1. The summed E-state index contributed by atoms with van der Waals surface area (Å²) in [6.07, 6.45) is 1.74. The van der Waals surface area contributed by atoms with Crippen molar-refractivity contribution in [1.29, 1.82) is 0 Å². The van der Waals surface area contributed by atoms with Crippen LogP contribution >= 0.6 is 0 Å². The van der Waals surface area contributed by atoms with Crippen LogP contribution in [0.15, 0.2) is 24.3 Å². The first-order valence-electron chi connectivity index (χ1n) is 6.08. The highest BCUT2D eigenvalue weighted by atomic mass is 16.1. The Balaban J connectivity index is 2.21. The number of hydrogen-bond donors (Lipinski definition) is 0. The number of ketones is 1. The minimum Gasteiger partial charge on any atom is -0.370 e. The minimum atomic E-state index is 0.179. The molecule has 0 spiro atoms. The largest absolute Gasteiger partial charge is 0.370 e. The molecular weight excluding hydrogens is 198 g/mol. The molecule has 1 aliphatic heterocycles. The van der Waals surface area contributed by atoms with Crippen molar-refractivity contribution in [3.05, 3.63) is 29.8 Å². The van der Waals surface area contributed by atoms with Gasteiger partial charge in [0.1, 0.15) is 5.78 Å². The molecule has 0 bridgehead atoms. The highest BCUT2D eigenvalue weighted by molar-refractivity contribution is 5.83. The van der Waals surface area contributed by atoms with Crippen LogP contribution in [0, 0.1) is 5.92 Å². The van der Waals surface area contributed by atoms with Crippen LogP contribution in [0.2, 0.25) is 0 Å². The zero-order valence-electron chi connectivity index (χ0n) is 10.1. The summed E-state index contributed by atoms with van der Waals surface area (Å²) in [5, 5.41) is 0. The monoisotopic (exact) mass is 217 g/mol. The molecule has 86 valence electrons. The van der Waals surface area contributed by atoms with Crippen LogP contribution in [0.4, 0.5) is 5.69 Å². The summed E-state index contributed by atoms with van der Waals surface area (Å²) < 4.78 is 0. The van der Waals surface area contributed by atoms with Gasteiger partial charge in [0.2, 0.25) is 0 Å². The van der Waals surface area contributed by atoms with Crippen molar-refractivity contribution in [1.82, 2.24) is 0 Å². The van der Waals surface area contributed by atoms with Crippen molar-refractivity contribution in [2.24, 2.45) is 5.92 Å². The topological polar surface area (TPSA) is 20.3 Å². The molecule has 0 saturated carbocycles. The quantitative estimate of drug-likeness (QED) is 0.759. The normalized spacial score (nSPS) is 21.2. The number of para-hydroxylation sites is 1. The number of Topliss-reactive ketones (excluding diaryl/α,β-unsaturated/α-hetero) is 1. The summed E-state index contributed by atoms with van der Waals surface area (Å²) in [6, 6.07) is 8.51. The smallest absolute Gasteiger partial charge is 0.139 e. The van der Waals surface area contributed by atoms with Gasteiger partial charge in [0.15, 0.2) is 0 Å². The van der Waals surface area contributed by atoms with E-state index in [1.54, 1.807) is 0 Å². The SMILES string of the molecule is CCc1ccccc1N1CCC(=O)C(C)C1. The van der Waals surface area contributed by atoms with Crippen LogP contribution in [0.5, 0.6) is 0 Å². The molecule has 16 heavy (non-hydrogen) atoms. The molecule has 0 aliphatic carbocycles. The summed E-state index contributed by atoms with van der Waals surface area (Å²) in [5.74, 6) is 0.587. The van der Waals surface area contributed by atoms with Crippen LogP contribution in [0.1, 0.15) is 25.8 Å². The number of anilines is 1. The first-order chi connectivity index (χ1) is 7.72. The van der Waals surface area contributed by atoms with Gasteiger partial charge < -0.3 is 4.90 Å². The third-order valence-electron chi connectivity index (χ3n) is 3.39. The maximum atomic E-state index is 11.5. The van der Waals surface area contributed by atoms with E-state index >= 15 is 0 Å². The molecule has 0 amide bonds. The predicted molar refractivity (Wildman–Crippen MR) is 66.8 cm³/mol. The summed E-state index contributed by atoms with van der Waals surface area (Å²) in [5.41, 5.74) is 2.69. The number of carbonyl (C=O) groups is 1. The fourth-order valence-electron chi connectivity index (χ4n) is 2.35. The molecule has 0 radical (unpaired) electrons. The standard InChI is InChI=1S/C14H19NO/c1-3-12-6-4-5-7-13(12)15-9-8-14(16)11(2)10-15/h4-7,11H,3,8-10H2,1-2H3. The summed E-state index contributed by atoms with van der Waals surface area (Å²) in [6.45, 7) is 5.95. The van der Waals surface area contributed by atoms with Gasteiger partial charge in [0, 0.05) is 31.1 Å². The molecule has 1 saturated heterocycles. The van der Waals surface area contributed by atoms with Crippen LogP contribution < -0.4 is 4.90 Å². The molecule has 2 rings (SSSR count). The second-order valence-corrected chi connectivity index (χ2v) is 4.55. The maximum Gasteiger partial charge on any atom is 0.139 e. The van der Waals surface area contributed by atoms with E-state index in [1.807, 2.05) is 6.92 Å². The van der Waals surface area contributed by atoms with Crippen molar-refractivity contribution in [3.63, 3.8) is 0 Å². The number of benzene rings is 1. The van der Waals surface area contributed by atoms with Gasteiger partial charge in [0.25, 0.3) is 0 Å². The van der Waals surface area contributed by atoms with E-state index in [4.69, 9.17) is 0 Å². The molecule has 1 atom stereocenters. The van der Waals surface area contributed by atoms with Gasteiger partial charge in [-0.3, -0.25) is 4.79 Å². The molecule has 2 heteroatoms. The first kappa shape index (κ1) is 11.2. The lowest BCUT2D eigenvalue weighted by atomic mass is 9.97. The number of hydrogen-bond acceptors (Lipinski definition) is 2. The summed E-state index contributed by atoms with van der Waals surface area (Å²) in [7, 11) is 0. The van der Waals surface area contributed by atoms with Crippen molar-refractivity contribution in [3.8, 4) is 0 Å². The highest BCUT2D eigenvalue weighted by Gasteiger charge is 2.24. The lowest BCUT2D eigenvalue weighted by Gasteiger charge is -2.33. The Morgan fingerprint density at radius 2 is 2.12 bits per heavy atom. The fraction of sp³-hybridized carbons (Fsp3) is 0.500. The second kappa shape index (κ2) is 4.69. The van der Waals surface area contributed by atoms with Gasteiger partial charge in [0.05, 0.1) is 0 Å². The second-order valence-electron chi connectivity index (χ2n) is 4.55. The lowest BCUT2D eigenvalue weighted by molar-refractivity contribution is -0.122. The van der Waals surface area contributed by atoms with Crippen molar-refractivity contribution in [2.45, 2.75) is 26.7 Å². The molecule has 1 aliphatic rings. The minimum absolute atomic E-state index is 0.179. The molecule has 1 fully saturated rings. The third-order valence-corrected chi connectivity index (χ3v) is 3.39. The van der Waals surface area contributed by atoms with Gasteiger partial charge in [-0.05, 0) is 18.1 Å². The number of aryl methyl sites for hydroxylation is 1.